The van der Waals surface area contributed by atoms with E-state index in [9.17, 15) is 4.79 Å². The fraction of sp³-hybridized carbons (Fsp3) is 0.421. The summed E-state index contributed by atoms with van der Waals surface area (Å²) in [7, 11) is 0. The Morgan fingerprint density at radius 3 is 2.74 bits per heavy atom. The molecule has 0 bridgehead atoms. The van der Waals surface area contributed by atoms with Gasteiger partial charge in [-0.1, -0.05) is 12.1 Å². The van der Waals surface area contributed by atoms with Gasteiger partial charge >= 0.3 is 0 Å². The van der Waals surface area contributed by atoms with Gasteiger partial charge in [0.15, 0.2) is 0 Å². The number of carbonyl (C=O) groups excluding carboxylic acids is 1. The van der Waals surface area contributed by atoms with Crippen LogP contribution >= 0.6 is 0 Å². The van der Waals surface area contributed by atoms with Crippen LogP contribution in [0.4, 0.5) is 0 Å². The Bertz CT molecular complexity index is 732. The monoisotopic (exact) mass is 311 g/mol. The average Bonchev–Trinajstić information content (AvgIpc) is 3.11. The standard InChI is InChI=1S/C19H25N3O/c1-13-6-4-7-16(10-13)22-14(2)11-18(15(22)3)19(23)21-9-5-8-17(21)12-20/h4,6-7,10-11,17H,5,8-9,12,20H2,1-3H3. The summed E-state index contributed by atoms with van der Waals surface area (Å²) < 4.78 is 2.16. The fourth-order valence-electron chi connectivity index (χ4n) is 3.65. The van der Waals surface area contributed by atoms with Gasteiger partial charge in [-0.15, -0.1) is 0 Å². The Labute approximate surface area is 137 Å². The van der Waals surface area contributed by atoms with Crippen molar-refractivity contribution in [1.29, 1.82) is 0 Å². The lowest BCUT2D eigenvalue weighted by Gasteiger charge is -2.23. The van der Waals surface area contributed by atoms with Crippen LogP contribution in [-0.2, 0) is 0 Å². The van der Waals surface area contributed by atoms with Crippen molar-refractivity contribution >= 4 is 5.91 Å². The fourth-order valence-corrected chi connectivity index (χ4v) is 3.65. The first-order valence-corrected chi connectivity index (χ1v) is 8.30. The van der Waals surface area contributed by atoms with Crippen molar-refractivity contribution in [3.63, 3.8) is 0 Å². The van der Waals surface area contributed by atoms with Crippen LogP contribution in [0.3, 0.4) is 0 Å². The number of nitrogens with two attached hydrogens (primary N) is 1. The number of carbonyl (C=O) groups is 1. The molecule has 1 saturated heterocycles. The molecular weight excluding hydrogens is 286 g/mol. The highest BCUT2D eigenvalue weighted by Gasteiger charge is 2.30. The van der Waals surface area contributed by atoms with Crippen molar-refractivity contribution in [2.45, 2.75) is 39.7 Å². The molecule has 23 heavy (non-hydrogen) atoms. The number of aromatic nitrogens is 1. The number of hydrogen-bond donors (Lipinski definition) is 1. The van der Waals surface area contributed by atoms with E-state index >= 15 is 0 Å². The highest BCUT2D eigenvalue weighted by Crippen LogP contribution is 2.25. The van der Waals surface area contributed by atoms with E-state index in [1.54, 1.807) is 0 Å². The van der Waals surface area contributed by atoms with E-state index in [0.717, 1.165) is 42.0 Å². The highest BCUT2D eigenvalue weighted by molar-refractivity contribution is 5.96. The van der Waals surface area contributed by atoms with Gasteiger partial charge in [-0.3, -0.25) is 4.79 Å². The predicted octanol–water partition coefficient (Wildman–Crippen LogP) is 2.97. The van der Waals surface area contributed by atoms with Gasteiger partial charge in [0.25, 0.3) is 5.91 Å². The van der Waals surface area contributed by atoms with Crippen LogP contribution in [0.15, 0.2) is 30.3 Å². The summed E-state index contributed by atoms with van der Waals surface area (Å²) in [6, 6.07) is 10.6. The minimum Gasteiger partial charge on any atom is -0.334 e. The Kier molecular flexibility index (Phi) is 4.26. The molecular formula is C19H25N3O. The number of aryl methyl sites for hydroxylation is 2. The van der Waals surface area contributed by atoms with E-state index in [2.05, 4.69) is 42.7 Å². The molecule has 1 aromatic heterocycles. The second-order valence-electron chi connectivity index (χ2n) is 6.49. The van der Waals surface area contributed by atoms with E-state index in [1.165, 1.54) is 5.56 Å². The SMILES string of the molecule is Cc1cccc(-n2c(C)cc(C(=O)N3CCCC3CN)c2C)c1. The summed E-state index contributed by atoms with van der Waals surface area (Å²) in [5.74, 6) is 0.116. The maximum absolute atomic E-state index is 13.0. The molecule has 2 heterocycles. The molecule has 0 saturated carbocycles. The summed E-state index contributed by atoms with van der Waals surface area (Å²) in [4.78, 5) is 14.9. The Balaban J connectivity index is 1.99. The van der Waals surface area contributed by atoms with Crippen molar-refractivity contribution in [3.05, 3.63) is 52.8 Å². The zero-order valence-corrected chi connectivity index (χ0v) is 14.2. The van der Waals surface area contributed by atoms with Crippen LogP contribution in [0.25, 0.3) is 5.69 Å². The first-order valence-electron chi connectivity index (χ1n) is 8.30. The number of amides is 1. The number of rotatable bonds is 3. The second-order valence-corrected chi connectivity index (χ2v) is 6.49. The van der Waals surface area contributed by atoms with Crippen LogP contribution in [0, 0.1) is 20.8 Å². The van der Waals surface area contributed by atoms with Crippen molar-refractivity contribution in [1.82, 2.24) is 9.47 Å². The number of benzene rings is 1. The van der Waals surface area contributed by atoms with Crippen LogP contribution in [0.2, 0.25) is 0 Å². The molecule has 1 aliphatic rings. The maximum Gasteiger partial charge on any atom is 0.255 e. The molecule has 0 radical (unpaired) electrons. The first kappa shape index (κ1) is 15.8. The van der Waals surface area contributed by atoms with Gasteiger partial charge in [0.05, 0.1) is 5.56 Å². The van der Waals surface area contributed by atoms with Gasteiger partial charge < -0.3 is 15.2 Å². The minimum absolute atomic E-state index is 0.116. The molecule has 4 nitrogen and oxygen atoms in total. The van der Waals surface area contributed by atoms with Crippen LogP contribution < -0.4 is 5.73 Å². The van der Waals surface area contributed by atoms with Gasteiger partial charge in [0.2, 0.25) is 0 Å². The van der Waals surface area contributed by atoms with Gasteiger partial charge in [0, 0.05) is 36.2 Å². The van der Waals surface area contributed by atoms with Gasteiger partial charge in [-0.05, 0) is 57.4 Å². The number of hydrogen-bond acceptors (Lipinski definition) is 2. The Morgan fingerprint density at radius 2 is 2.04 bits per heavy atom. The smallest absolute Gasteiger partial charge is 0.255 e. The lowest BCUT2D eigenvalue weighted by atomic mass is 10.1. The van der Waals surface area contributed by atoms with Gasteiger partial charge in [0.1, 0.15) is 0 Å². The van der Waals surface area contributed by atoms with E-state index in [1.807, 2.05) is 17.9 Å². The molecule has 1 atom stereocenters. The summed E-state index contributed by atoms with van der Waals surface area (Å²) >= 11 is 0. The Hall–Kier alpha value is -2.07. The van der Waals surface area contributed by atoms with Crippen molar-refractivity contribution in [2.75, 3.05) is 13.1 Å². The highest BCUT2D eigenvalue weighted by atomic mass is 16.2. The van der Waals surface area contributed by atoms with Gasteiger partial charge in [-0.25, -0.2) is 0 Å². The van der Waals surface area contributed by atoms with E-state index < -0.39 is 0 Å². The molecule has 0 aliphatic carbocycles. The third kappa shape index (κ3) is 2.79. The lowest BCUT2D eigenvalue weighted by Crippen LogP contribution is -2.40. The molecule has 3 rings (SSSR count). The molecule has 2 aromatic rings. The van der Waals surface area contributed by atoms with Crippen LogP contribution in [0.1, 0.15) is 40.2 Å². The lowest BCUT2D eigenvalue weighted by molar-refractivity contribution is 0.0740. The number of likely N-dealkylation sites (tertiary alicyclic amines) is 1. The molecule has 1 amide bonds. The molecule has 4 heteroatoms. The van der Waals surface area contributed by atoms with Crippen LogP contribution in [-0.4, -0.2) is 34.5 Å². The minimum atomic E-state index is 0.116. The van der Waals surface area contributed by atoms with E-state index in [0.29, 0.717) is 6.54 Å². The molecule has 1 unspecified atom stereocenters. The summed E-state index contributed by atoms with van der Waals surface area (Å²) in [5, 5.41) is 0. The van der Waals surface area contributed by atoms with E-state index in [-0.39, 0.29) is 11.9 Å². The Morgan fingerprint density at radius 1 is 1.26 bits per heavy atom. The van der Waals surface area contributed by atoms with Crippen molar-refractivity contribution in [3.8, 4) is 5.69 Å². The maximum atomic E-state index is 13.0. The summed E-state index contributed by atoms with van der Waals surface area (Å²) in [6.45, 7) is 7.52. The summed E-state index contributed by atoms with van der Waals surface area (Å²) in [5.41, 5.74) is 11.0. The van der Waals surface area contributed by atoms with Gasteiger partial charge in [-0.2, -0.15) is 0 Å². The third-order valence-electron chi connectivity index (χ3n) is 4.83. The van der Waals surface area contributed by atoms with Crippen LogP contribution in [0.5, 0.6) is 0 Å². The molecule has 1 aliphatic heterocycles. The first-order chi connectivity index (χ1) is 11.0. The molecule has 1 fully saturated rings. The number of nitrogens with zero attached hydrogens (tertiary/aromatic N) is 2. The molecule has 1 aromatic carbocycles. The van der Waals surface area contributed by atoms with Crippen molar-refractivity contribution in [2.24, 2.45) is 5.73 Å². The predicted molar refractivity (Wildman–Crippen MR) is 93.1 cm³/mol. The third-order valence-corrected chi connectivity index (χ3v) is 4.83. The summed E-state index contributed by atoms with van der Waals surface area (Å²) in [6.07, 6.45) is 2.06. The molecule has 0 spiro atoms. The average molecular weight is 311 g/mol. The van der Waals surface area contributed by atoms with Crippen molar-refractivity contribution < 1.29 is 4.79 Å². The quantitative estimate of drug-likeness (QED) is 0.947. The molecule has 2 N–H and O–H groups in total. The zero-order chi connectivity index (χ0) is 16.6. The van der Waals surface area contributed by atoms with E-state index in [4.69, 9.17) is 5.73 Å². The largest absolute Gasteiger partial charge is 0.334 e. The molecule has 122 valence electrons. The zero-order valence-electron chi connectivity index (χ0n) is 14.2. The topological polar surface area (TPSA) is 51.3 Å². The second kappa shape index (κ2) is 6.20. The normalized spacial score (nSPS) is 17.7.